The minimum Gasteiger partial charge on any atom is -0.330 e. The molecule has 0 aromatic heterocycles. The fourth-order valence-electron chi connectivity index (χ4n) is 0.959. The predicted molar refractivity (Wildman–Crippen MR) is 52.0 cm³/mol. The maximum Gasteiger partial charge on any atom is 0.136 e. The number of nitrogens with two attached hydrogens (primary N) is 1. The van der Waals surface area contributed by atoms with Crippen molar-refractivity contribution in [2.75, 3.05) is 6.54 Å². The molecule has 0 saturated carbocycles. The average molecular weight is 169 g/mol. The molecule has 0 aliphatic carbocycles. The Bertz CT molecular complexity index is 152. The number of allylic oxidation sites excluding steroid dienone is 1. The molecule has 0 aliphatic rings. The highest BCUT2D eigenvalue weighted by Gasteiger charge is 2.02. The number of hydrogen-bond donors (Lipinski definition) is 1. The van der Waals surface area contributed by atoms with Crippen LogP contribution in [0.3, 0.4) is 0 Å². The largest absolute Gasteiger partial charge is 0.330 e. The van der Waals surface area contributed by atoms with Gasteiger partial charge >= 0.3 is 0 Å². The monoisotopic (exact) mass is 169 g/mol. The van der Waals surface area contributed by atoms with Gasteiger partial charge in [0.2, 0.25) is 0 Å². The smallest absolute Gasteiger partial charge is 0.136 e. The molecule has 0 saturated heterocycles. The van der Waals surface area contributed by atoms with Crippen molar-refractivity contribution in [2.24, 2.45) is 5.73 Å². The third kappa shape index (κ3) is 6.10. The van der Waals surface area contributed by atoms with Gasteiger partial charge in [0.05, 0.1) is 0 Å². The molecule has 0 aliphatic heterocycles. The number of rotatable bonds is 7. The first-order valence-electron chi connectivity index (χ1n) is 4.59. The zero-order valence-electron chi connectivity index (χ0n) is 7.94. The van der Waals surface area contributed by atoms with Crippen molar-refractivity contribution in [1.82, 2.24) is 0 Å². The highest BCUT2D eigenvalue weighted by molar-refractivity contribution is 5.80. The zero-order chi connectivity index (χ0) is 9.40. The number of Topliss-reactive ketones (excluding diaryl/α,β-unsaturated/α-hetero) is 1. The molecule has 0 radical (unpaired) electrons. The summed E-state index contributed by atoms with van der Waals surface area (Å²) in [5.41, 5.74) is 6.35. The molecule has 0 amide bonds. The second-order valence-electron chi connectivity index (χ2n) is 3.06. The van der Waals surface area contributed by atoms with Gasteiger partial charge in [-0.3, -0.25) is 4.79 Å². The molecule has 0 heterocycles. The highest BCUT2D eigenvalue weighted by Crippen LogP contribution is 2.07. The van der Waals surface area contributed by atoms with E-state index < -0.39 is 0 Å². The van der Waals surface area contributed by atoms with E-state index >= 15 is 0 Å². The van der Waals surface area contributed by atoms with Crippen LogP contribution in [0.5, 0.6) is 0 Å². The van der Waals surface area contributed by atoms with E-state index in [4.69, 9.17) is 5.73 Å². The molecule has 70 valence electrons. The standard InChI is InChI=1S/C10H19NO/c1-3-9(2)8-10(12)6-4-5-7-11/h2-8,11H2,1H3. The third-order valence-corrected chi connectivity index (χ3v) is 1.86. The van der Waals surface area contributed by atoms with E-state index in [9.17, 15) is 4.79 Å². The number of unbranched alkanes of at least 4 members (excludes halogenated alkanes) is 1. The van der Waals surface area contributed by atoms with E-state index in [2.05, 4.69) is 6.58 Å². The number of ketones is 1. The molecular formula is C10H19NO. The Morgan fingerprint density at radius 1 is 1.42 bits per heavy atom. The quantitative estimate of drug-likeness (QED) is 0.468. The summed E-state index contributed by atoms with van der Waals surface area (Å²) in [5.74, 6) is 0.301. The summed E-state index contributed by atoms with van der Waals surface area (Å²) < 4.78 is 0. The van der Waals surface area contributed by atoms with Crippen LogP contribution in [0.25, 0.3) is 0 Å². The van der Waals surface area contributed by atoms with Crippen LogP contribution in [0.1, 0.15) is 39.0 Å². The van der Waals surface area contributed by atoms with E-state index in [1.165, 1.54) is 0 Å². The van der Waals surface area contributed by atoms with Gasteiger partial charge in [0.1, 0.15) is 5.78 Å². The summed E-state index contributed by atoms with van der Waals surface area (Å²) in [5, 5.41) is 0. The Balaban J connectivity index is 3.40. The predicted octanol–water partition coefficient (Wildman–Crippen LogP) is 2.04. The lowest BCUT2D eigenvalue weighted by molar-refractivity contribution is -0.118. The first kappa shape index (κ1) is 11.4. The van der Waals surface area contributed by atoms with Gasteiger partial charge in [-0.2, -0.15) is 0 Å². The van der Waals surface area contributed by atoms with Gasteiger partial charge in [-0.15, -0.1) is 0 Å². The van der Waals surface area contributed by atoms with Gasteiger partial charge in [-0.25, -0.2) is 0 Å². The minimum atomic E-state index is 0.301. The van der Waals surface area contributed by atoms with Crippen LogP contribution in [-0.4, -0.2) is 12.3 Å². The lowest BCUT2D eigenvalue weighted by Crippen LogP contribution is -2.02. The molecule has 12 heavy (non-hydrogen) atoms. The second kappa shape index (κ2) is 7.04. The van der Waals surface area contributed by atoms with Crippen molar-refractivity contribution >= 4 is 5.78 Å². The maximum absolute atomic E-state index is 11.2. The van der Waals surface area contributed by atoms with E-state index in [-0.39, 0.29) is 0 Å². The van der Waals surface area contributed by atoms with E-state index in [0.717, 1.165) is 24.8 Å². The van der Waals surface area contributed by atoms with Crippen molar-refractivity contribution in [3.63, 3.8) is 0 Å². The molecule has 0 rings (SSSR count). The summed E-state index contributed by atoms with van der Waals surface area (Å²) in [6.45, 7) is 6.50. The summed E-state index contributed by atoms with van der Waals surface area (Å²) in [6, 6.07) is 0. The summed E-state index contributed by atoms with van der Waals surface area (Å²) >= 11 is 0. The molecule has 0 unspecified atom stereocenters. The number of hydrogen-bond acceptors (Lipinski definition) is 2. The van der Waals surface area contributed by atoms with Crippen molar-refractivity contribution in [3.05, 3.63) is 12.2 Å². The van der Waals surface area contributed by atoms with E-state index in [0.29, 0.717) is 25.2 Å². The molecule has 2 N–H and O–H groups in total. The van der Waals surface area contributed by atoms with Crippen LogP contribution >= 0.6 is 0 Å². The van der Waals surface area contributed by atoms with Gasteiger partial charge < -0.3 is 5.73 Å². The Morgan fingerprint density at radius 3 is 2.58 bits per heavy atom. The molecule has 0 aromatic rings. The molecule has 2 nitrogen and oxygen atoms in total. The van der Waals surface area contributed by atoms with Gasteiger partial charge in [0.25, 0.3) is 0 Å². The highest BCUT2D eigenvalue weighted by atomic mass is 16.1. The Labute approximate surface area is 74.8 Å². The third-order valence-electron chi connectivity index (χ3n) is 1.86. The van der Waals surface area contributed by atoms with E-state index in [1.807, 2.05) is 6.92 Å². The van der Waals surface area contributed by atoms with Gasteiger partial charge in [-0.1, -0.05) is 19.1 Å². The number of carbonyl (C=O) groups is 1. The van der Waals surface area contributed by atoms with Crippen LogP contribution in [0.2, 0.25) is 0 Å². The van der Waals surface area contributed by atoms with Crippen molar-refractivity contribution in [2.45, 2.75) is 39.0 Å². The van der Waals surface area contributed by atoms with Crippen LogP contribution < -0.4 is 5.73 Å². The number of carbonyl (C=O) groups excluding carboxylic acids is 1. The van der Waals surface area contributed by atoms with Crippen LogP contribution in [0.4, 0.5) is 0 Å². The lowest BCUT2D eigenvalue weighted by Gasteiger charge is -2.00. The Morgan fingerprint density at radius 2 is 2.08 bits per heavy atom. The minimum absolute atomic E-state index is 0.301. The molecule has 0 atom stereocenters. The molecule has 0 bridgehead atoms. The molecule has 0 spiro atoms. The maximum atomic E-state index is 11.2. The van der Waals surface area contributed by atoms with Gasteiger partial charge in [-0.05, 0) is 25.8 Å². The zero-order valence-corrected chi connectivity index (χ0v) is 7.94. The van der Waals surface area contributed by atoms with Crippen molar-refractivity contribution in [3.8, 4) is 0 Å². The topological polar surface area (TPSA) is 43.1 Å². The SMILES string of the molecule is C=C(CC)CC(=O)CCCCN. The fourth-order valence-corrected chi connectivity index (χ4v) is 0.959. The fraction of sp³-hybridized carbons (Fsp3) is 0.700. The first-order valence-corrected chi connectivity index (χ1v) is 4.59. The lowest BCUT2D eigenvalue weighted by atomic mass is 10.0. The summed E-state index contributed by atoms with van der Waals surface area (Å²) in [7, 11) is 0. The normalized spacial score (nSPS) is 9.83. The van der Waals surface area contributed by atoms with E-state index in [1.54, 1.807) is 0 Å². The average Bonchev–Trinajstić information content (AvgIpc) is 2.05. The Kier molecular flexibility index (Phi) is 6.67. The molecular weight excluding hydrogens is 150 g/mol. The molecule has 2 heteroatoms. The van der Waals surface area contributed by atoms with Gasteiger partial charge in [0, 0.05) is 12.8 Å². The molecule has 0 aromatic carbocycles. The van der Waals surface area contributed by atoms with Crippen LogP contribution in [0, 0.1) is 0 Å². The second-order valence-corrected chi connectivity index (χ2v) is 3.06. The molecule has 0 fully saturated rings. The van der Waals surface area contributed by atoms with Crippen molar-refractivity contribution < 1.29 is 4.79 Å². The summed E-state index contributed by atoms with van der Waals surface area (Å²) in [4.78, 5) is 11.2. The first-order chi connectivity index (χ1) is 5.70. The summed E-state index contributed by atoms with van der Waals surface area (Å²) in [6.07, 6.45) is 4.00. The van der Waals surface area contributed by atoms with Crippen LogP contribution in [0.15, 0.2) is 12.2 Å². The van der Waals surface area contributed by atoms with Crippen LogP contribution in [-0.2, 0) is 4.79 Å². The van der Waals surface area contributed by atoms with Gasteiger partial charge in [0.15, 0.2) is 0 Å². The Hall–Kier alpha value is -0.630. The van der Waals surface area contributed by atoms with Crippen molar-refractivity contribution in [1.29, 1.82) is 0 Å².